The van der Waals surface area contributed by atoms with E-state index in [-0.39, 0.29) is 40.8 Å². The van der Waals surface area contributed by atoms with E-state index in [4.69, 9.17) is 9.26 Å². The summed E-state index contributed by atoms with van der Waals surface area (Å²) in [7, 11) is 0. The third kappa shape index (κ3) is 4.76. The number of nitrogens with zero attached hydrogens (tertiary/aromatic N) is 2. The van der Waals surface area contributed by atoms with Crippen molar-refractivity contribution < 1.29 is 45.4 Å². The highest BCUT2D eigenvalue weighted by molar-refractivity contribution is 7.10. The number of nitrogens with one attached hydrogen (secondary N) is 1. The second-order valence-electron chi connectivity index (χ2n) is 9.57. The molecule has 0 aromatic carbocycles. The number of aliphatic hydroxyl groups is 1. The third-order valence-electron chi connectivity index (χ3n) is 7.64. The number of amides is 1. The average Bonchev–Trinajstić information content (AvgIpc) is 3.57. The zero-order chi connectivity index (χ0) is 22.2. The Balaban J connectivity index is 0.00000259. The molecule has 1 aliphatic carbocycles. The van der Waals surface area contributed by atoms with Crippen molar-refractivity contribution in [2.24, 2.45) is 11.8 Å². The number of hydrogen-bond acceptors (Lipinski definition) is 7. The van der Waals surface area contributed by atoms with Crippen LogP contribution in [0.25, 0.3) is 0 Å². The summed E-state index contributed by atoms with van der Waals surface area (Å²) >= 11 is 1.41. The zero-order valence-electron chi connectivity index (χ0n) is 18.5. The van der Waals surface area contributed by atoms with Gasteiger partial charge in [0.2, 0.25) is 0 Å². The molecule has 3 aliphatic heterocycles. The van der Waals surface area contributed by atoms with Crippen LogP contribution in [0, 0.1) is 11.8 Å². The fourth-order valence-corrected chi connectivity index (χ4v) is 6.77. The predicted molar refractivity (Wildman–Crippen MR) is 118 cm³/mol. The molecule has 4 aliphatic rings. The number of piperidine rings is 3. The van der Waals surface area contributed by atoms with Crippen LogP contribution in [0.3, 0.4) is 0 Å². The normalized spacial score (nSPS) is 28.6. The Hall–Kier alpha value is -1.75. The Labute approximate surface area is 207 Å². The minimum Gasteiger partial charge on any atom is -1.00 e. The van der Waals surface area contributed by atoms with Crippen LogP contribution in [0.1, 0.15) is 43.4 Å². The van der Waals surface area contributed by atoms with Gasteiger partial charge in [-0.3, -0.25) is 4.79 Å². The number of thiophene rings is 1. The summed E-state index contributed by atoms with van der Waals surface area (Å²) in [5.41, 5.74) is -1.58. The molecule has 6 rings (SSSR count). The van der Waals surface area contributed by atoms with Gasteiger partial charge in [-0.15, -0.1) is 11.3 Å². The van der Waals surface area contributed by atoms with Crippen molar-refractivity contribution in [3.8, 4) is 0 Å². The van der Waals surface area contributed by atoms with Crippen LogP contribution >= 0.6 is 11.3 Å². The monoisotopic (exact) mass is 539 g/mol. The van der Waals surface area contributed by atoms with Crippen molar-refractivity contribution in [2.75, 3.05) is 31.5 Å². The first kappa shape index (κ1) is 24.4. The maximum absolute atomic E-state index is 13.5. The van der Waals surface area contributed by atoms with Gasteiger partial charge >= 0.3 is 5.97 Å². The summed E-state index contributed by atoms with van der Waals surface area (Å²) in [6.45, 7) is 2.70. The molecule has 2 N–H and O–H groups in total. The summed E-state index contributed by atoms with van der Waals surface area (Å²) in [5, 5.41) is 20.1. The third-order valence-corrected chi connectivity index (χ3v) is 8.63. The molecule has 2 bridgehead atoms. The van der Waals surface area contributed by atoms with Crippen LogP contribution < -0.4 is 22.3 Å². The van der Waals surface area contributed by atoms with Crippen molar-refractivity contribution in [3.05, 3.63) is 34.7 Å². The minimum atomic E-state index is -1.58. The van der Waals surface area contributed by atoms with E-state index >= 15 is 0 Å². The van der Waals surface area contributed by atoms with Gasteiger partial charge in [-0.2, -0.15) is 0 Å². The number of carbonyl (C=O) groups is 2. The van der Waals surface area contributed by atoms with Gasteiger partial charge in [0.25, 0.3) is 5.91 Å². The largest absolute Gasteiger partial charge is 1.00 e. The highest BCUT2D eigenvalue weighted by Gasteiger charge is 2.53. The number of rotatable bonds is 7. The quantitative estimate of drug-likeness (QED) is 0.376. The number of hydrogen-bond donors (Lipinski definition) is 2. The number of aromatic nitrogens is 1. The SMILES string of the molecule is O=C(C[N+]12CCC(CC1)[C@@H](OC(=O)C(O)(c1cccs1)C1CCCC1)C2)Nc1ccon1.[Br-]. The Morgan fingerprint density at radius 2 is 2.00 bits per heavy atom. The van der Waals surface area contributed by atoms with Gasteiger partial charge < -0.3 is 41.1 Å². The highest BCUT2D eigenvalue weighted by Crippen LogP contribution is 2.44. The van der Waals surface area contributed by atoms with E-state index in [0.29, 0.717) is 28.3 Å². The van der Waals surface area contributed by atoms with Crippen LogP contribution in [0.5, 0.6) is 0 Å². The van der Waals surface area contributed by atoms with Gasteiger partial charge in [0.1, 0.15) is 12.8 Å². The second-order valence-corrected chi connectivity index (χ2v) is 10.5. The summed E-state index contributed by atoms with van der Waals surface area (Å²) in [5.74, 6) is -0.0540. The smallest absolute Gasteiger partial charge is 0.344 e. The lowest BCUT2D eigenvalue weighted by Crippen LogP contribution is -3.00. The first-order valence-electron chi connectivity index (χ1n) is 11.5. The maximum Gasteiger partial charge on any atom is 0.344 e. The standard InChI is InChI=1S/C23H29N3O5S.BrH/c27-21(24-20-9-12-30-25-20)15-26-10-7-16(8-11-26)18(14-26)31-22(28)23(29,17-4-1-2-5-17)19-6-3-13-32-19;/h3,6,9,12-13,16-18,29H,1-2,4-5,7-8,10-11,14-15H2;1H/t16?,18-,23?,26?;/m0./s1. The van der Waals surface area contributed by atoms with Crippen molar-refractivity contribution in [2.45, 2.75) is 50.2 Å². The van der Waals surface area contributed by atoms with Crippen molar-refractivity contribution in [1.82, 2.24) is 5.16 Å². The number of esters is 1. The van der Waals surface area contributed by atoms with Gasteiger partial charge in [-0.25, -0.2) is 4.79 Å². The molecule has 33 heavy (non-hydrogen) atoms. The lowest BCUT2D eigenvalue weighted by Gasteiger charge is -2.51. The van der Waals surface area contributed by atoms with E-state index in [1.54, 1.807) is 6.07 Å². The fourth-order valence-electron chi connectivity index (χ4n) is 5.88. The molecule has 4 fully saturated rings. The van der Waals surface area contributed by atoms with Gasteiger partial charge in [-0.05, 0) is 24.3 Å². The molecule has 3 saturated heterocycles. The molecule has 10 heteroatoms. The molecule has 8 nitrogen and oxygen atoms in total. The number of halogens is 1. The van der Waals surface area contributed by atoms with Crippen LogP contribution in [-0.2, 0) is 19.9 Å². The van der Waals surface area contributed by atoms with E-state index in [2.05, 4.69) is 10.5 Å². The van der Waals surface area contributed by atoms with Gasteiger partial charge in [-0.1, -0.05) is 24.1 Å². The van der Waals surface area contributed by atoms with E-state index < -0.39 is 11.6 Å². The number of fused-ring (bicyclic) bond motifs is 3. The summed E-state index contributed by atoms with van der Waals surface area (Å²) in [4.78, 5) is 26.8. The molecule has 1 unspecified atom stereocenters. The molecule has 0 radical (unpaired) electrons. The summed E-state index contributed by atoms with van der Waals surface area (Å²) in [6.07, 6.45) is 6.68. The van der Waals surface area contributed by atoms with Gasteiger partial charge in [0, 0.05) is 35.6 Å². The molecular formula is C23H30BrN3O5S. The van der Waals surface area contributed by atoms with Gasteiger partial charge in [0.05, 0.1) is 13.1 Å². The number of anilines is 1. The molecule has 180 valence electrons. The molecule has 1 saturated carbocycles. The van der Waals surface area contributed by atoms with Crippen LogP contribution in [0.15, 0.2) is 34.4 Å². The molecule has 1 amide bonds. The lowest BCUT2D eigenvalue weighted by molar-refractivity contribution is -0.939. The first-order valence-corrected chi connectivity index (χ1v) is 12.4. The molecule has 2 aromatic rings. The fraction of sp³-hybridized carbons (Fsp3) is 0.609. The summed E-state index contributed by atoms with van der Waals surface area (Å²) in [6, 6.07) is 5.32. The van der Waals surface area contributed by atoms with Crippen molar-refractivity contribution in [1.29, 1.82) is 0 Å². The van der Waals surface area contributed by atoms with E-state index in [1.807, 2.05) is 17.5 Å². The molecular weight excluding hydrogens is 510 g/mol. The maximum atomic E-state index is 13.5. The summed E-state index contributed by atoms with van der Waals surface area (Å²) < 4.78 is 11.5. The second kappa shape index (κ2) is 9.85. The molecule has 5 heterocycles. The highest BCUT2D eigenvalue weighted by atomic mass is 79.9. The molecule has 0 spiro atoms. The van der Waals surface area contributed by atoms with Crippen LogP contribution in [0.4, 0.5) is 5.82 Å². The van der Waals surface area contributed by atoms with Crippen LogP contribution in [-0.4, -0.2) is 58.9 Å². The predicted octanol–water partition coefficient (Wildman–Crippen LogP) is -0.0912. The average molecular weight is 540 g/mol. The Morgan fingerprint density at radius 1 is 1.24 bits per heavy atom. The first-order chi connectivity index (χ1) is 15.5. The number of quaternary nitrogens is 1. The number of ether oxygens (including phenoxy) is 1. The van der Waals surface area contributed by atoms with Crippen LogP contribution in [0.2, 0.25) is 0 Å². The van der Waals surface area contributed by atoms with E-state index in [1.165, 1.54) is 17.6 Å². The zero-order valence-corrected chi connectivity index (χ0v) is 20.9. The lowest BCUT2D eigenvalue weighted by atomic mass is 9.82. The minimum absolute atomic E-state index is 0. The molecule has 2 atom stereocenters. The van der Waals surface area contributed by atoms with Crippen molar-refractivity contribution in [3.63, 3.8) is 0 Å². The number of carbonyl (C=O) groups excluding carboxylic acids is 2. The Bertz CT molecular complexity index is 939. The Kier molecular flexibility index (Phi) is 7.28. The topological polar surface area (TPSA) is 102 Å². The molecule has 2 aromatic heterocycles. The van der Waals surface area contributed by atoms with Gasteiger partial charge in [0.15, 0.2) is 24.1 Å². The van der Waals surface area contributed by atoms with E-state index in [9.17, 15) is 14.7 Å². The van der Waals surface area contributed by atoms with E-state index in [0.717, 1.165) is 51.6 Å². The van der Waals surface area contributed by atoms with Crippen molar-refractivity contribution >= 4 is 29.0 Å². The Morgan fingerprint density at radius 3 is 2.64 bits per heavy atom.